The number of hydrogen-bond donors (Lipinski definition) is 1. The molecule has 0 radical (unpaired) electrons. The third-order valence-corrected chi connectivity index (χ3v) is 9.45. The van der Waals surface area contributed by atoms with E-state index in [2.05, 4.69) is 31.9 Å². The fraction of sp³-hybridized carbons (Fsp3) is 0.241. The Morgan fingerprint density at radius 1 is 1.05 bits per heavy atom. The van der Waals surface area contributed by atoms with Crippen LogP contribution in [-0.2, 0) is 19.2 Å². The number of non-ortho nitro benzene ring substituents is 1. The average Bonchev–Trinajstić information content (AvgIpc) is 3.21. The maximum absolute atomic E-state index is 13.9. The van der Waals surface area contributed by atoms with Crippen LogP contribution in [0.25, 0.3) is 0 Å². The number of ether oxygens (including phenoxy) is 1. The van der Waals surface area contributed by atoms with E-state index in [1.165, 1.54) is 37.5 Å². The Bertz CT molecular complexity index is 1690. The van der Waals surface area contributed by atoms with E-state index in [9.17, 15) is 34.4 Å². The third-order valence-electron chi connectivity index (χ3n) is 8.25. The summed E-state index contributed by atoms with van der Waals surface area (Å²) in [6.07, 6.45) is 3.45. The number of carbonyl (C=O) groups is 4. The van der Waals surface area contributed by atoms with Gasteiger partial charge in [0.05, 0.1) is 38.5 Å². The summed E-state index contributed by atoms with van der Waals surface area (Å²) < 4.78 is 5.79. The third kappa shape index (κ3) is 4.11. The number of phenols is 1. The van der Waals surface area contributed by atoms with Crippen molar-refractivity contribution in [3.63, 3.8) is 0 Å². The Morgan fingerprint density at radius 3 is 2.41 bits per heavy atom. The molecule has 10 nitrogen and oxygen atoms in total. The van der Waals surface area contributed by atoms with E-state index < -0.39 is 40.4 Å². The topological polar surface area (TPSA) is 144 Å². The summed E-state index contributed by atoms with van der Waals surface area (Å²) in [5.74, 6) is -4.32. The predicted molar refractivity (Wildman–Crippen MR) is 153 cm³/mol. The number of amides is 2. The highest BCUT2D eigenvalue weighted by atomic mass is 79.9. The molecule has 12 heteroatoms. The Balaban J connectivity index is 1.48. The summed E-state index contributed by atoms with van der Waals surface area (Å²) in [6, 6.07) is 8.47. The molecule has 0 saturated carbocycles. The number of hydrogen-bond acceptors (Lipinski definition) is 8. The molecule has 208 valence electrons. The van der Waals surface area contributed by atoms with E-state index >= 15 is 0 Å². The summed E-state index contributed by atoms with van der Waals surface area (Å²) in [5, 5.41) is 21.5. The van der Waals surface area contributed by atoms with Crippen LogP contribution in [0.5, 0.6) is 11.5 Å². The molecule has 2 amide bonds. The zero-order valence-corrected chi connectivity index (χ0v) is 24.5. The SMILES string of the molecule is COc1cc([C@H]2C3=CC[C@@H]4C(=O)N(c5ccc([N+](=O)[O-])cc5)C(=O)[C@@H]4[C@@H]3CC3=C2C(=O)C=C(Br)C3=O)cc(Br)c1O. The molecule has 1 saturated heterocycles. The first-order valence-corrected chi connectivity index (χ1v) is 14.2. The zero-order chi connectivity index (χ0) is 29.3. The van der Waals surface area contributed by atoms with Gasteiger partial charge in [0.25, 0.3) is 5.69 Å². The molecule has 3 aliphatic carbocycles. The lowest BCUT2D eigenvalue weighted by Crippen LogP contribution is -2.39. The number of allylic oxidation sites excluding steroid dienone is 6. The summed E-state index contributed by atoms with van der Waals surface area (Å²) in [5.41, 5.74) is 1.94. The van der Waals surface area contributed by atoms with Crippen molar-refractivity contribution in [3.05, 3.63) is 89.9 Å². The minimum absolute atomic E-state index is 0.0931. The van der Waals surface area contributed by atoms with Gasteiger partial charge in [0.2, 0.25) is 11.8 Å². The van der Waals surface area contributed by atoms with Crippen LogP contribution in [0.1, 0.15) is 24.3 Å². The number of benzene rings is 2. The van der Waals surface area contributed by atoms with Gasteiger partial charge >= 0.3 is 0 Å². The molecule has 41 heavy (non-hydrogen) atoms. The molecule has 0 bridgehead atoms. The normalized spacial score (nSPS) is 25.4. The van der Waals surface area contributed by atoms with E-state index in [1.54, 1.807) is 12.1 Å². The molecule has 4 aliphatic rings. The van der Waals surface area contributed by atoms with Gasteiger partial charge in [0.1, 0.15) is 0 Å². The van der Waals surface area contributed by atoms with Gasteiger partial charge in [-0.25, -0.2) is 0 Å². The van der Waals surface area contributed by atoms with Crippen LogP contribution in [0.3, 0.4) is 0 Å². The molecule has 4 atom stereocenters. The van der Waals surface area contributed by atoms with Gasteiger partial charge in [0, 0.05) is 35.3 Å². The summed E-state index contributed by atoms with van der Waals surface area (Å²) in [7, 11) is 1.40. The number of anilines is 1. The lowest BCUT2D eigenvalue weighted by molar-refractivity contribution is -0.384. The van der Waals surface area contributed by atoms with Crippen molar-refractivity contribution in [2.45, 2.75) is 18.8 Å². The van der Waals surface area contributed by atoms with Crippen molar-refractivity contribution in [3.8, 4) is 11.5 Å². The number of aromatic hydroxyl groups is 1. The second-order valence-electron chi connectivity index (χ2n) is 10.2. The Kier molecular flexibility index (Phi) is 6.57. The number of ketones is 2. The van der Waals surface area contributed by atoms with Crippen molar-refractivity contribution >= 4 is 66.6 Å². The fourth-order valence-corrected chi connectivity index (χ4v) is 7.39. The molecule has 1 fully saturated rings. The predicted octanol–water partition coefficient (Wildman–Crippen LogP) is 5.04. The number of nitrogens with zero attached hydrogens (tertiary/aromatic N) is 2. The van der Waals surface area contributed by atoms with Crippen molar-refractivity contribution in [2.24, 2.45) is 17.8 Å². The van der Waals surface area contributed by atoms with Gasteiger partial charge in [-0.3, -0.25) is 34.2 Å². The molecule has 0 aromatic heterocycles. The van der Waals surface area contributed by atoms with Crippen LogP contribution < -0.4 is 9.64 Å². The van der Waals surface area contributed by atoms with Crippen molar-refractivity contribution in [1.82, 2.24) is 0 Å². The van der Waals surface area contributed by atoms with Gasteiger partial charge in [-0.15, -0.1) is 0 Å². The molecule has 1 heterocycles. The van der Waals surface area contributed by atoms with Crippen LogP contribution in [0.4, 0.5) is 11.4 Å². The lowest BCUT2D eigenvalue weighted by Gasteiger charge is -2.42. The highest BCUT2D eigenvalue weighted by Crippen LogP contribution is 2.56. The second kappa shape index (κ2) is 9.88. The van der Waals surface area contributed by atoms with Crippen molar-refractivity contribution < 1.29 is 33.9 Å². The van der Waals surface area contributed by atoms with E-state index in [0.717, 1.165) is 10.5 Å². The number of nitro groups is 1. The first kappa shape index (κ1) is 27.3. The second-order valence-corrected chi connectivity index (χ2v) is 11.9. The Morgan fingerprint density at radius 2 is 1.76 bits per heavy atom. The summed E-state index contributed by atoms with van der Waals surface area (Å²) >= 11 is 6.55. The lowest BCUT2D eigenvalue weighted by atomic mass is 9.59. The Labute approximate surface area is 249 Å². The van der Waals surface area contributed by atoms with Gasteiger partial charge in [-0.2, -0.15) is 0 Å². The molecule has 2 aromatic rings. The fourth-order valence-electron chi connectivity index (χ4n) is 6.48. The first-order chi connectivity index (χ1) is 19.5. The number of Topliss-reactive ketones (excluding diaryl/α,β-unsaturated/α-hetero) is 1. The molecular weight excluding hydrogens is 664 g/mol. The molecule has 2 aromatic carbocycles. The number of phenolic OH excluding ortho intramolecular Hbond substituents is 1. The number of nitro benzene ring substituents is 1. The number of halogens is 2. The van der Waals surface area contributed by atoms with Gasteiger partial charge in [-0.05, 0) is 80.4 Å². The molecule has 1 N–H and O–H groups in total. The Hall–Kier alpha value is -3.90. The average molecular weight is 684 g/mol. The number of rotatable bonds is 4. The zero-order valence-electron chi connectivity index (χ0n) is 21.3. The van der Waals surface area contributed by atoms with E-state index in [-0.39, 0.29) is 57.3 Å². The number of carbonyl (C=O) groups excluding carboxylic acids is 4. The van der Waals surface area contributed by atoms with E-state index in [0.29, 0.717) is 15.6 Å². The molecule has 0 spiro atoms. The van der Waals surface area contributed by atoms with Crippen molar-refractivity contribution in [1.29, 1.82) is 0 Å². The largest absolute Gasteiger partial charge is 0.503 e. The maximum Gasteiger partial charge on any atom is 0.269 e. The van der Waals surface area contributed by atoms with Crippen LogP contribution >= 0.6 is 31.9 Å². The summed E-state index contributed by atoms with van der Waals surface area (Å²) in [4.78, 5) is 65.9. The van der Waals surface area contributed by atoms with Crippen LogP contribution in [0.2, 0.25) is 0 Å². The van der Waals surface area contributed by atoms with Gasteiger partial charge < -0.3 is 9.84 Å². The van der Waals surface area contributed by atoms with Gasteiger partial charge in [-0.1, -0.05) is 11.6 Å². The smallest absolute Gasteiger partial charge is 0.269 e. The number of fused-ring (bicyclic) bond motifs is 3. The minimum atomic E-state index is -0.802. The summed E-state index contributed by atoms with van der Waals surface area (Å²) in [6.45, 7) is 0. The van der Waals surface area contributed by atoms with Crippen LogP contribution in [-0.4, -0.2) is 40.5 Å². The highest BCUT2D eigenvalue weighted by Gasteiger charge is 2.56. The number of methoxy groups -OCH3 is 1. The van der Waals surface area contributed by atoms with Crippen LogP contribution in [0, 0.1) is 27.9 Å². The molecule has 6 rings (SSSR count). The number of imide groups is 1. The molecule has 0 unspecified atom stereocenters. The molecule has 1 aliphatic heterocycles. The minimum Gasteiger partial charge on any atom is -0.503 e. The van der Waals surface area contributed by atoms with E-state index in [4.69, 9.17) is 4.74 Å². The van der Waals surface area contributed by atoms with Crippen molar-refractivity contribution in [2.75, 3.05) is 12.0 Å². The first-order valence-electron chi connectivity index (χ1n) is 12.6. The maximum atomic E-state index is 13.9. The molecular formula is C29H20Br2N2O8. The monoisotopic (exact) mass is 682 g/mol. The standard InChI is InChI=1S/C29H20Br2N2O8/c1-41-22-9-12(8-19(30)27(22)36)23-15-6-7-16-24(17(15)10-18-25(23)21(34)11-20(31)26(18)35)29(38)32(28(16)37)13-2-4-14(5-3-13)33(39)40/h2-6,8-9,11,16-17,23-24,36H,7,10H2,1H3/t16-,17+,23-,24-/m0/s1. The van der Waals surface area contributed by atoms with E-state index in [1.807, 2.05) is 6.08 Å². The van der Waals surface area contributed by atoms with Crippen LogP contribution in [0.15, 0.2) is 74.2 Å². The van der Waals surface area contributed by atoms with Gasteiger partial charge in [0.15, 0.2) is 23.1 Å². The highest BCUT2D eigenvalue weighted by molar-refractivity contribution is 9.12. The quantitative estimate of drug-likeness (QED) is 0.155.